The number of ketones is 2. The van der Waals surface area contributed by atoms with Gasteiger partial charge in [0.1, 0.15) is 5.75 Å². The highest BCUT2D eigenvalue weighted by molar-refractivity contribution is 6.45. The SMILES string of the molecule is CCOc1ccc(C(=O)CC2C(=O)C(=O)N(c3ccccc3)C2c2ccccc2)cc1. The van der Waals surface area contributed by atoms with Crippen molar-refractivity contribution in [3.63, 3.8) is 0 Å². The molecule has 5 nitrogen and oxygen atoms in total. The minimum atomic E-state index is -0.755. The number of hydrogen-bond acceptors (Lipinski definition) is 4. The van der Waals surface area contributed by atoms with Gasteiger partial charge in [-0.1, -0.05) is 48.5 Å². The van der Waals surface area contributed by atoms with Gasteiger partial charge in [-0.05, 0) is 48.9 Å². The van der Waals surface area contributed by atoms with Gasteiger partial charge in [0.05, 0.1) is 18.6 Å². The first-order chi connectivity index (χ1) is 15.1. The van der Waals surface area contributed by atoms with Gasteiger partial charge in [0.15, 0.2) is 5.78 Å². The van der Waals surface area contributed by atoms with Gasteiger partial charge in [0, 0.05) is 17.7 Å². The highest BCUT2D eigenvalue weighted by Crippen LogP contribution is 2.41. The number of hydrogen-bond donors (Lipinski definition) is 0. The zero-order valence-corrected chi connectivity index (χ0v) is 17.2. The van der Waals surface area contributed by atoms with Crippen LogP contribution in [-0.4, -0.2) is 24.1 Å². The molecule has 3 aromatic rings. The molecule has 3 aromatic carbocycles. The van der Waals surface area contributed by atoms with E-state index in [0.29, 0.717) is 23.6 Å². The molecule has 0 spiro atoms. The predicted molar refractivity (Wildman–Crippen MR) is 118 cm³/mol. The summed E-state index contributed by atoms with van der Waals surface area (Å²) in [6, 6.07) is 24.9. The Morgan fingerprint density at radius 2 is 1.48 bits per heavy atom. The van der Waals surface area contributed by atoms with Crippen LogP contribution in [0, 0.1) is 5.92 Å². The molecule has 5 heteroatoms. The number of ether oxygens (including phenoxy) is 1. The summed E-state index contributed by atoms with van der Waals surface area (Å²) in [5.74, 6) is -1.36. The maximum absolute atomic E-state index is 13.0. The van der Waals surface area contributed by atoms with Crippen LogP contribution >= 0.6 is 0 Å². The molecule has 1 heterocycles. The van der Waals surface area contributed by atoms with Crippen LogP contribution in [0.5, 0.6) is 5.75 Å². The summed E-state index contributed by atoms with van der Waals surface area (Å²) >= 11 is 0. The van der Waals surface area contributed by atoms with Crippen LogP contribution in [0.2, 0.25) is 0 Å². The lowest BCUT2D eigenvalue weighted by Crippen LogP contribution is -2.29. The monoisotopic (exact) mass is 413 g/mol. The van der Waals surface area contributed by atoms with E-state index in [4.69, 9.17) is 4.74 Å². The molecule has 0 saturated carbocycles. The number of anilines is 1. The van der Waals surface area contributed by atoms with Crippen molar-refractivity contribution in [3.8, 4) is 5.75 Å². The fourth-order valence-electron chi connectivity index (χ4n) is 4.05. The predicted octanol–water partition coefficient (Wildman–Crippen LogP) is 4.63. The summed E-state index contributed by atoms with van der Waals surface area (Å²) in [7, 11) is 0. The van der Waals surface area contributed by atoms with Gasteiger partial charge in [0.25, 0.3) is 5.91 Å². The van der Waals surface area contributed by atoms with E-state index >= 15 is 0 Å². The lowest BCUT2D eigenvalue weighted by molar-refractivity contribution is -0.135. The van der Waals surface area contributed by atoms with Gasteiger partial charge in [-0.3, -0.25) is 19.3 Å². The van der Waals surface area contributed by atoms with Crippen molar-refractivity contribution >= 4 is 23.2 Å². The average Bonchev–Trinajstić information content (AvgIpc) is 3.06. The van der Waals surface area contributed by atoms with Crippen molar-refractivity contribution in [2.24, 2.45) is 5.92 Å². The van der Waals surface area contributed by atoms with E-state index in [-0.39, 0.29) is 12.2 Å². The Kier molecular flexibility index (Phi) is 5.94. The molecule has 0 N–H and O–H groups in total. The van der Waals surface area contributed by atoms with Gasteiger partial charge < -0.3 is 4.74 Å². The summed E-state index contributed by atoms with van der Waals surface area (Å²) < 4.78 is 5.43. The standard InChI is InChI=1S/C26H23NO4/c1-2-31-21-15-13-18(14-16-21)23(28)17-22-24(19-9-5-3-6-10-19)27(26(30)25(22)29)20-11-7-4-8-12-20/h3-16,22,24H,2,17H2,1H3. The van der Waals surface area contributed by atoms with Crippen LogP contribution in [0.4, 0.5) is 5.69 Å². The van der Waals surface area contributed by atoms with Crippen LogP contribution in [0.15, 0.2) is 84.9 Å². The van der Waals surface area contributed by atoms with Gasteiger partial charge in [-0.25, -0.2) is 0 Å². The second-order valence-electron chi connectivity index (χ2n) is 7.42. The second kappa shape index (κ2) is 8.96. The highest BCUT2D eigenvalue weighted by Gasteiger charge is 2.49. The zero-order valence-electron chi connectivity index (χ0n) is 17.2. The van der Waals surface area contributed by atoms with Crippen molar-refractivity contribution in [1.82, 2.24) is 0 Å². The Hall–Kier alpha value is -3.73. The highest BCUT2D eigenvalue weighted by atomic mass is 16.5. The van der Waals surface area contributed by atoms with E-state index in [1.54, 1.807) is 36.4 Å². The second-order valence-corrected chi connectivity index (χ2v) is 7.42. The van der Waals surface area contributed by atoms with Crippen LogP contribution in [0.1, 0.15) is 35.3 Å². The molecule has 1 saturated heterocycles. The maximum Gasteiger partial charge on any atom is 0.295 e. The summed E-state index contributed by atoms with van der Waals surface area (Å²) in [5, 5.41) is 0. The van der Waals surface area contributed by atoms with E-state index in [1.165, 1.54) is 4.90 Å². The van der Waals surface area contributed by atoms with Crippen molar-refractivity contribution in [2.45, 2.75) is 19.4 Å². The van der Waals surface area contributed by atoms with Gasteiger partial charge in [0.2, 0.25) is 5.78 Å². The van der Waals surface area contributed by atoms with Gasteiger partial charge >= 0.3 is 0 Å². The summed E-state index contributed by atoms with van der Waals surface area (Å²) in [6.45, 7) is 2.43. The smallest absolute Gasteiger partial charge is 0.295 e. The van der Waals surface area contributed by atoms with E-state index < -0.39 is 23.7 Å². The van der Waals surface area contributed by atoms with Crippen molar-refractivity contribution < 1.29 is 19.1 Å². The van der Waals surface area contributed by atoms with Gasteiger partial charge in [-0.15, -0.1) is 0 Å². The summed E-state index contributed by atoms with van der Waals surface area (Å²) in [4.78, 5) is 40.5. The topological polar surface area (TPSA) is 63.7 Å². The number of benzene rings is 3. The molecule has 31 heavy (non-hydrogen) atoms. The normalized spacial score (nSPS) is 18.3. The molecule has 2 unspecified atom stereocenters. The molecule has 1 aliphatic heterocycles. The molecule has 2 atom stereocenters. The number of rotatable bonds is 7. The Labute approximate surface area is 181 Å². The molecule has 0 aromatic heterocycles. The lowest BCUT2D eigenvalue weighted by atomic mass is 9.87. The van der Waals surface area contributed by atoms with E-state index in [2.05, 4.69) is 0 Å². The lowest BCUT2D eigenvalue weighted by Gasteiger charge is -2.27. The van der Waals surface area contributed by atoms with Crippen LogP contribution in [-0.2, 0) is 9.59 Å². The molecular formula is C26H23NO4. The Morgan fingerprint density at radius 3 is 2.10 bits per heavy atom. The first-order valence-electron chi connectivity index (χ1n) is 10.3. The number of para-hydroxylation sites is 1. The Morgan fingerprint density at radius 1 is 0.871 bits per heavy atom. The van der Waals surface area contributed by atoms with Crippen molar-refractivity contribution in [3.05, 3.63) is 96.1 Å². The summed E-state index contributed by atoms with van der Waals surface area (Å²) in [6.07, 6.45) is -0.0402. The summed E-state index contributed by atoms with van der Waals surface area (Å²) in [5.41, 5.74) is 1.97. The van der Waals surface area contributed by atoms with Gasteiger partial charge in [-0.2, -0.15) is 0 Å². The fourth-order valence-corrected chi connectivity index (χ4v) is 4.05. The number of carbonyl (C=O) groups excluding carboxylic acids is 3. The number of carbonyl (C=O) groups is 3. The molecule has 1 aliphatic rings. The Bertz CT molecular complexity index is 1080. The molecule has 0 radical (unpaired) electrons. The van der Waals surface area contributed by atoms with Crippen LogP contribution < -0.4 is 9.64 Å². The number of Topliss-reactive ketones (excluding diaryl/α,β-unsaturated/α-hetero) is 2. The average molecular weight is 413 g/mol. The van der Waals surface area contributed by atoms with E-state index in [9.17, 15) is 14.4 Å². The molecule has 1 fully saturated rings. The minimum absolute atomic E-state index is 0.0402. The zero-order chi connectivity index (χ0) is 21.8. The van der Waals surface area contributed by atoms with Crippen LogP contribution in [0.25, 0.3) is 0 Å². The minimum Gasteiger partial charge on any atom is -0.494 e. The van der Waals surface area contributed by atoms with E-state index in [1.807, 2.05) is 55.5 Å². The third kappa shape index (κ3) is 4.12. The maximum atomic E-state index is 13.0. The van der Waals surface area contributed by atoms with Crippen molar-refractivity contribution in [2.75, 3.05) is 11.5 Å². The van der Waals surface area contributed by atoms with E-state index in [0.717, 1.165) is 5.56 Å². The first-order valence-corrected chi connectivity index (χ1v) is 10.3. The Balaban J connectivity index is 1.67. The molecule has 0 bridgehead atoms. The largest absolute Gasteiger partial charge is 0.494 e. The molecule has 156 valence electrons. The van der Waals surface area contributed by atoms with Crippen molar-refractivity contribution in [1.29, 1.82) is 0 Å². The number of amides is 1. The third-order valence-electron chi connectivity index (χ3n) is 5.49. The third-order valence-corrected chi connectivity index (χ3v) is 5.49. The first kappa shape index (κ1) is 20.5. The van der Waals surface area contributed by atoms with Crippen LogP contribution in [0.3, 0.4) is 0 Å². The molecular weight excluding hydrogens is 390 g/mol. The molecule has 4 rings (SSSR count). The quantitative estimate of drug-likeness (QED) is 0.418. The molecule has 1 amide bonds. The molecule has 0 aliphatic carbocycles. The number of nitrogens with zero attached hydrogens (tertiary/aromatic N) is 1. The fraction of sp³-hybridized carbons (Fsp3) is 0.192.